The van der Waals surface area contributed by atoms with E-state index in [-0.39, 0.29) is 5.82 Å². The number of benzene rings is 1. The molecule has 6 nitrogen and oxygen atoms in total. The summed E-state index contributed by atoms with van der Waals surface area (Å²) in [6, 6.07) is 10.9. The molecule has 8 heteroatoms. The Balaban J connectivity index is 1.39. The Bertz CT molecular complexity index is 1300. The van der Waals surface area contributed by atoms with E-state index >= 15 is 0 Å². The Labute approximate surface area is 183 Å². The second-order valence-electron chi connectivity index (χ2n) is 8.40. The average Bonchev–Trinajstić information content (AvgIpc) is 3.35. The van der Waals surface area contributed by atoms with Crippen molar-refractivity contribution in [3.05, 3.63) is 59.6 Å². The monoisotopic (exact) mass is 434 g/mol. The first-order chi connectivity index (χ1) is 15.1. The molecular formula is C23H20ClFN6. The normalized spacial score (nSPS) is 20.8. The van der Waals surface area contributed by atoms with Crippen molar-refractivity contribution in [3.63, 3.8) is 0 Å². The molecule has 0 spiro atoms. The number of likely N-dealkylation sites (tertiary alicyclic amines) is 1. The zero-order valence-electron chi connectivity index (χ0n) is 16.9. The minimum atomic E-state index is -0.378. The van der Waals surface area contributed by atoms with Gasteiger partial charge in [0.1, 0.15) is 11.5 Å². The molecule has 2 unspecified atom stereocenters. The number of aromatic amines is 1. The molecule has 0 bridgehead atoms. The van der Waals surface area contributed by atoms with Crippen LogP contribution in [0.2, 0.25) is 5.02 Å². The summed E-state index contributed by atoms with van der Waals surface area (Å²) in [6.45, 7) is 3.30. The van der Waals surface area contributed by atoms with Crippen molar-refractivity contribution in [1.29, 1.82) is 0 Å². The third-order valence-corrected chi connectivity index (χ3v) is 6.61. The van der Waals surface area contributed by atoms with Gasteiger partial charge >= 0.3 is 0 Å². The van der Waals surface area contributed by atoms with Crippen LogP contribution in [-0.4, -0.2) is 57.8 Å². The predicted octanol–water partition coefficient (Wildman–Crippen LogP) is 4.23. The molecule has 1 aromatic carbocycles. The number of rotatable bonds is 3. The van der Waals surface area contributed by atoms with Crippen molar-refractivity contribution < 1.29 is 4.39 Å². The molecule has 2 fully saturated rings. The largest absolute Gasteiger partial charge is 0.365 e. The summed E-state index contributed by atoms with van der Waals surface area (Å²) < 4.78 is 14.5. The Hall–Kier alpha value is -3.03. The molecule has 31 heavy (non-hydrogen) atoms. The van der Waals surface area contributed by atoms with Crippen LogP contribution in [0, 0.1) is 11.7 Å². The fourth-order valence-electron chi connectivity index (χ4n) is 4.82. The van der Waals surface area contributed by atoms with Gasteiger partial charge in [-0.25, -0.2) is 9.37 Å². The highest BCUT2D eigenvalue weighted by Gasteiger charge is 2.44. The Morgan fingerprint density at radius 2 is 1.97 bits per heavy atom. The zero-order chi connectivity index (χ0) is 21.1. The second-order valence-corrected chi connectivity index (χ2v) is 8.84. The number of nitrogens with one attached hydrogen (secondary N) is 1. The lowest BCUT2D eigenvalue weighted by Gasteiger charge is -2.45. The summed E-state index contributed by atoms with van der Waals surface area (Å²) in [5.74, 6) is 0.359. The van der Waals surface area contributed by atoms with Crippen LogP contribution >= 0.6 is 11.6 Å². The molecule has 3 aromatic heterocycles. The minimum Gasteiger partial charge on any atom is -0.365 e. The summed E-state index contributed by atoms with van der Waals surface area (Å²) in [6.07, 6.45) is 3.67. The smallest absolute Gasteiger partial charge is 0.132 e. The van der Waals surface area contributed by atoms with Crippen molar-refractivity contribution in [2.24, 2.45) is 5.92 Å². The van der Waals surface area contributed by atoms with Crippen LogP contribution in [0.4, 0.5) is 10.1 Å². The van der Waals surface area contributed by atoms with Gasteiger partial charge < -0.3 is 9.80 Å². The standard InChI is InChI=1S/C23H20ClFN6/c1-30-10-13-11-31(22(13)12-30)15-7-21-20(26-8-15)5-4-19(28-21)17-9-27-29-23(17)16-6-14(24)2-3-18(16)25/h2-9,13,22H,10-12H2,1H3,(H,27,29). The highest BCUT2D eigenvalue weighted by atomic mass is 35.5. The van der Waals surface area contributed by atoms with Gasteiger partial charge in [0.05, 0.1) is 28.6 Å². The van der Waals surface area contributed by atoms with Gasteiger partial charge in [-0.05, 0) is 43.4 Å². The molecule has 2 saturated heterocycles. The molecule has 0 saturated carbocycles. The maximum Gasteiger partial charge on any atom is 0.132 e. The van der Waals surface area contributed by atoms with Crippen LogP contribution in [0.25, 0.3) is 33.5 Å². The van der Waals surface area contributed by atoms with E-state index in [0.29, 0.717) is 28.0 Å². The number of nitrogens with zero attached hydrogens (tertiary/aromatic N) is 5. The van der Waals surface area contributed by atoms with Crippen LogP contribution < -0.4 is 4.90 Å². The van der Waals surface area contributed by atoms with Crippen LogP contribution in [0.1, 0.15) is 0 Å². The zero-order valence-corrected chi connectivity index (χ0v) is 17.6. The van der Waals surface area contributed by atoms with E-state index in [9.17, 15) is 4.39 Å². The molecule has 2 aliphatic rings. The highest BCUT2D eigenvalue weighted by Crippen LogP contribution is 2.37. The van der Waals surface area contributed by atoms with Crippen LogP contribution in [-0.2, 0) is 0 Å². The highest BCUT2D eigenvalue weighted by molar-refractivity contribution is 6.30. The van der Waals surface area contributed by atoms with Gasteiger partial charge in [0.2, 0.25) is 0 Å². The summed E-state index contributed by atoms with van der Waals surface area (Å²) in [7, 11) is 2.17. The van der Waals surface area contributed by atoms with Crippen LogP contribution in [0.15, 0.2) is 48.8 Å². The molecule has 0 amide bonds. The van der Waals surface area contributed by atoms with Gasteiger partial charge in [-0.1, -0.05) is 11.6 Å². The number of hydrogen-bond donors (Lipinski definition) is 1. The molecule has 0 aliphatic carbocycles. The molecule has 6 rings (SSSR count). The van der Waals surface area contributed by atoms with Crippen molar-refractivity contribution in [3.8, 4) is 22.5 Å². The topological polar surface area (TPSA) is 60.9 Å². The Kier molecular flexibility index (Phi) is 4.23. The Morgan fingerprint density at radius 3 is 2.84 bits per heavy atom. The van der Waals surface area contributed by atoms with Crippen molar-refractivity contribution >= 4 is 28.3 Å². The molecule has 4 aromatic rings. The van der Waals surface area contributed by atoms with Gasteiger partial charge in [0.25, 0.3) is 0 Å². The summed E-state index contributed by atoms with van der Waals surface area (Å²) >= 11 is 6.09. The molecule has 2 aliphatic heterocycles. The van der Waals surface area contributed by atoms with Crippen molar-refractivity contribution in [2.45, 2.75) is 6.04 Å². The fraction of sp³-hybridized carbons (Fsp3) is 0.261. The van der Waals surface area contributed by atoms with Gasteiger partial charge in [0, 0.05) is 53.9 Å². The van der Waals surface area contributed by atoms with Gasteiger partial charge in [0.15, 0.2) is 0 Å². The van der Waals surface area contributed by atoms with E-state index in [0.717, 1.165) is 47.8 Å². The minimum absolute atomic E-state index is 0.342. The number of pyridine rings is 2. The number of anilines is 1. The molecule has 1 N–H and O–H groups in total. The average molecular weight is 435 g/mol. The molecule has 156 valence electrons. The number of halogens is 2. The lowest BCUT2D eigenvalue weighted by molar-refractivity contribution is 0.361. The molecule has 0 radical (unpaired) electrons. The second kappa shape index (κ2) is 7.00. The van der Waals surface area contributed by atoms with Gasteiger partial charge in [-0.15, -0.1) is 0 Å². The quantitative estimate of drug-likeness (QED) is 0.523. The van der Waals surface area contributed by atoms with Crippen LogP contribution in [0.5, 0.6) is 0 Å². The first-order valence-electron chi connectivity index (χ1n) is 10.3. The number of likely N-dealkylation sites (N-methyl/N-ethyl adjacent to an activating group) is 1. The first kappa shape index (κ1) is 18.7. The number of H-pyrrole nitrogens is 1. The summed E-state index contributed by atoms with van der Waals surface area (Å²) in [4.78, 5) is 14.3. The predicted molar refractivity (Wildman–Crippen MR) is 120 cm³/mol. The molecule has 2 atom stereocenters. The summed E-state index contributed by atoms with van der Waals surface area (Å²) in [5.41, 5.74) is 4.98. The van der Waals surface area contributed by atoms with E-state index in [4.69, 9.17) is 16.6 Å². The molecular weight excluding hydrogens is 415 g/mol. The lowest BCUT2D eigenvalue weighted by Crippen LogP contribution is -2.55. The lowest BCUT2D eigenvalue weighted by atomic mass is 9.91. The number of fused-ring (bicyclic) bond motifs is 2. The third-order valence-electron chi connectivity index (χ3n) is 6.38. The maximum atomic E-state index is 14.5. The van der Waals surface area contributed by atoms with E-state index in [2.05, 4.69) is 38.1 Å². The number of hydrogen-bond acceptors (Lipinski definition) is 5. The van der Waals surface area contributed by atoms with Crippen LogP contribution in [0.3, 0.4) is 0 Å². The molecule has 5 heterocycles. The SMILES string of the molecule is CN1CC2CN(c3cnc4ccc(-c5c[nH]nc5-c5cc(Cl)ccc5F)nc4c3)C2C1. The van der Waals surface area contributed by atoms with E-state index in [1.807, 2.05) is 18.3 Å². The van der Waals surface area contributed by atoms with E-state index < -0.39 is 0 Å². The maximum absolute atomic E-state index is 14.5. The van der Waals surface area contributed by atoms with E-state index in [1.165, 1.54) is 12.1 Å². The van der Waals surface area contributed by atoms with Gasteiger partial charge in [-0.2, -0.15) is 5.10 Å². The van der Waals surface area contributed by atoms with Crippen molar-refractivity contribution in [1.82, 2.24) is 25.1 Å². The number of aromatic nitrogens is 4. The Morgan fingerprint density at radius 1 is 1.06 bits per heavy atom. The fourth-order valence-corrected chi connectivity index (χ4v) is 4.99. The third kappa shape index (κ3) is 3.07. The van der Waals surface area contributed by atoms with E-state index in [1.54, 1.807) is 12.3 Å². The van der Waals surface area contributed by atoms with Gasteiger partial charge in [-0.3, -0.25) is 10.1 Å². The first-order valence-corrected chi connectivity index (χ1v) is 10.7. The summed E-state index contributed by atoms with van der Waals surface area (Å²) in [5, 5.41) is 7.56. The van der Waals surface area contributed by atoms with Crippen molar-refractivity contribution in [2.75, 3.05) is 31.6 Å².